The molecule has 0 amide bonds. The minimum atomic E-state index is -3.83. The highest BCUT2D eigenvalue weighted by atomic mass is 32.2. The summed E-state index contributed by atoms with van der Waals surface area (Å²) in [5.74, 6) is -0.471. The summed E-state index contributed by atoms with van der Waals surface area (Å²) in [6, 6.07) is 9.56. The molecule has 0 bridgehead atoms. The van der Waals surface area contributed by atoms with Crippen LogP contribution in [0.15, 0.2) is 46.1 Å². The number of benzene rings is 2. The van der Waals surface area contributed by atoms with Crippen LogP contribution in [0.25, 0.3) is 6.08 Å². The van der Waals surface area contributed by atoms with Gasteiger partial charge in [-0.25, -0.2) is 9.78 Å². The average molecular weight is 513 g/mol. The number of anilines is 1. The number of thiazole rings is 1. The molecule has 1 aliphatic rings. The van der Waals surface area contributed by atoms with Gasteiger partial charge in [-0.2, -0.15) is 8.42 Å². The summed E-state index contributed by atoms with van der Waals surface area (Å²) in [5.41, 5.74) is 6.22. The van der Waals surface area contributed by atoms with E-state index in [0.29, 0.717) is 17.1 Å². The number of carboxylic acids is 1. The summed E-state index contributed by atoms with van der Waals surface area (Å²) in [6.45, 7) is 6.03. The van der Waals surface area contributed by atoms with Crippen LogP contribution < -0.4 is 9.04 Å². The van der Waals surface area contributed by atoms with Crippen LogP contribution in [0.3, 0.4) is 0 Å². The Labute approximate surface area is 209 Å². The Morgan fingerprint density at radius 3 is 2.57 bits per heavy atom. The molecule has 0 fully saturated rings. The van der Waals surface area contributed by atoms with Crippen molar-refractivity contribution >= 4 is 39.1 Å². The smallest absolute Gasteiger partial charge is 0.328 e. The number of hydrogen-bond donors (Lipinski definition) is 1. The van der Waals surface area contributed by atoms with Crippen molar-refractivity contribution in [3.63, 3.8) is 0 Å². The second-order valence-electron chi connectivity index (χ2n) is 8.51. The van der Waals surface area contributed by atoms with Gasteiger partial charge in [0.15, 0.2) is 0 Å². The zero-order chi connectivity index (χ0) is 25.2. The minimum Gasteiger partial charge on any atom is -0.487 e. The molecule has 35 heavy (non-hydrogen) atoms. The molecular weight excluding hydrogens is 484 g/mol. The van der Waals surface area contributed by atoms with Gasteiger partial charge in [-0.05, 0) is 86.1 Å². The maximum absolute atomic E-state index is 13.5. The van der Waals surface area contributed by atoms with Crippen molar-refractivity contribution in [1.29, 1.82) is 0 Å². The molecule has 1 aromatic heterocycles. The van der Waals surface area contributed by atoms with Gasteiger partial charge in [-0.3, -0.25) is 4.31 Å². The number of aliphatic carboxylic acids is 1. The molecule has 184 valence electrons. The lowest BCUT2D eigenvalue weighted by molar-refractivity contribution is -0.131. The number of carboxylic acid groups (broad SMARTS) is 1. The second kappa shape index (κ2) is 10.2. The molecule has 7 nitrogen and oxygen atoms in total. The Bertz CT molecular complexity index is 1390. The molecule has 0 saturated heterocycles. The van der Waals surface area contributed by atoms with E-state index in [1.165, 1.54) is 9.87 Å². The van der Waals surface area contributed by atoms with Gasteiger partial charge in [0.25, 0.3) is 10.0 Å². The number of fused-ring (bicyclic) bond motifs is 1. The van der Waals surface area contributed by atoms with Gasteiger partial charge < -0.3 is 9.84 Å². The Kier molecular flexibility index (Phi) is 7.28. The summed E-state index contributed by atoms with van der Waals surface area (Å²) in [6.07, 6.45) is 5.54. The summed E-state index contributed by atoms with van der Waals surface area (Å²) in [7, 11) is -3.83. The van der Waals surface area contributed by atoms with E-state index in [2.05, 4.69) is 4.98 Å². The van der Waals surface area contributed by atoms with Crippen LogP contribution >= 0.6 is 11.3 Å². The maximum Gasteiger partial charge on any atom is 0.328 e. The molecule has 0 atom stereocenters. The predicted molar refractivity (Wildman–Crippen MR) is 138 cm³/mol. The lowest BCUT2D eigenvalue weighted by atomic mass is 10.1. The van der Waals surface area contributed by atoms with Crippen LogP contribution in [-0.4, -0.2) is 31.0 Å². The summed E-state index contributed by atoms with van der Waals surface area (Å²) in [4.78, 5) is 15.0. The molecule has 1 heterocycles. The zero-order valence-corrected chi connectivity index (χ0v) is 21.6. The molecule has 0 spiro atoms. The number of carbonyl (C=O) groups is 1. The lowest BCUT2D eigenvalue weighted by Crippen LogP contribution is -2.31. The summed E-state index contributed by atoms with van der Waals surface area (Å²) >= 11 is 1.12. The fraction of sp³-hybridized carbons (Fsp3) is 0.308. The van der Waals surface area contributed by atoms with Crippen molar-refractivity contribution in [3.05, 3.63) is 75.3 Å². The van der Waals surface area contributed by atoms with E-state index >= 15 is 0 Å². The lowest BCUT2D eigenvalue weighted by Gasteiger charge is -2.25. The van der Waals surface area contributed by atoms with Crippen molar-refractivity contribution in [2.45, 2.75) is 51.0 Å². The first-order chi connectivity index (χ1) is 16.7. The number of aromatic nitrogens is 1. The van der Waals surface area contributed by atoms with E-state index in [1.54, 1.807) is 18.4 Å². The van der Waals surface area contributed by atoms with Gasteiger partial charge >= 0.3 is 5.97 Å². The fourth-order valence-electron chi connectivity index (χ4n) is 4.22. The first-order valence-corrected chi connectivity index (χ1v) is 13.7. The third-order valence-corrected chi connectivity index (χ3v) is 9.25. The first kappa shape index (κ1) is 24.9. The predicted octanol–water partition coefficient (Wildman–Crippen LogP) is 5.14. The van der Waals surface area contributed by atoms with Gasteiger partial charge in [0.2, 0.25) is 4.34 Å². The maximum atomic E-state index is 13.5. The fourth-order valence-corrected chi connectivity index (χ4v) is 6.83. The van der Waals surface area contributed by atoms with Crippen LogP contribution in [0.4, 0.5) is 5.69 Å². The van der Waals surface area contributed by atoms with E-state index < -0.39 is 16.0 Å². The van der Waals surface area contributed by atoms with E-state index in [1.807, 2.05) is 44.2 Å². The third kappa shape index (κ3) is 5.41. The van der Waals surface area contributed by atoms with E-state index in [4.69, 9.17) is 9.84 Å². The first-order valence-electron chi connectivity index (χ1n) is 11.4. The molecular formula is C26H28N2O5S2. The van der Waals surface area contributed by atoms with Crippen LogP contribution in [0.1, 0.15) is 46.9 Å². The normalized spacial score (nSPS) is 13.2. The highest BCUT2D eigenvalue weighted by molar-refractivity contribution is 7.94. The highest BCUT2D eigenvalue weighted by Crippen LogP contribution is 2.39. The number of sulfonamides is 1. The standard InChI is InChI=1S/C26H28N2O5S2/c1-4-28(35(31,32)26-27-18(3)16-34-26)23-13-20-6-5-7-21(20)14-24(23)33-15-22-10-8-19(12-17(22)2)9-11-25(29)30/h8-14,16H,4-7,15H2,1-3H3,(H,29,30)/b11-9+. The third-order valence-electron chi connectivity index (χ3n) is 6.01. The molecule has 2 aromatic carbocycles. The molecule has 1 N–H and O–H groups in total. The molecule has 4 rings (SSSR count). The highest BCUT2D eigenvalue weighted by Gasteiger charge is 2.30. The van der Waals surface area contributed by atoms with Crippen molar-refractivity contribution < 1.29 is 23.1 Å². The molecule has 0 aliphatic heterocycles. The van der Waals surface area contributed by atoms with Crippen LogP contribution in [0.2, 0.25) is 0 Å². The van der Waals surface area contributed by atoms with E-state index in [-0.39, 0.29) is 17.5 Å². The Balaban J connectivity index is 1.66. The molecule has 9 heteroatoms. The van der Waals surface area contributed by atoms with Crippen LogP contribution in [-0.2, 0) is 34.3 Å². The van der Waals surface area contributed by atoms with Gasteiger partial charge in [0.1, 0.15) is 12.4 Å². The molecule has 1 aliphatic carbocycles. The largest absolute Gasteiger partial charge is 0.487 e. The average Bonchev–Trinajstić information content (AvgIpc) is 3.46. The van der Waals surface area contributed by atoms with Gasteiger partial charge in [0.05, 0.1) is 5.69 Å². The SMILES string of the molecule is CCN(c1cc2c(cc1OCc1ccc(/C=C/C(=O)O)cc1C)CCC2)S(=O)(=O)c1nc(C)cs1. The Morgan fingerprint density at radius 2 is 1.94 bits per heavy atom. The van der Waals surface area contributed by atoms with E-state index in [9.17, 15) is 13.2 Å². The quantitative estimate of drug-likeness (QED) is 0.399. The summed E-state index contributed by atoms with van der Waals surface area (Å²) < 4.78 is 34.7. The minimum absolute atomic E-state index is 0.0733. The zero-order valence-electron chi connectivity index (χ0n) is 19.9. The number of nitrogens with zero attached hydrogens (tertiary/aromatic N) is 2. The Hall–Kier alpha value is -3.17. The van der Waals surface area contributed by atoms with Crippen molar-refractivity contribution in [3.8, 4) is 5.75 Å². The topological polar surface area (TPSA) is 96.8 Å². The number of aryl methyl sites for hydroxylation is 4. The molecule has 3 aromatic rings. The number of hydrogen-bond acceptors (Lipinski definition) is 6. The van der Waals surface area contributed by atoms with E-state index in [0.717, 1.165) is 58.9 Å². The van der Waals surface area contributed by atoms with Gasteiger partial charge in [-0.1, -0.05) is 18.2 Å². The van der Waals surface area contributed by atoms with Gasteiger partial charge in [0, 0.05) is 23.7 Å². The van der Waals surface area contributed by atoms with Crippen LogP contribution in [0.5, 0.6) is 5.75 Å². The summed E-state index contributed by atoms with van der Waals surface area (Å²) in [5, 5.41) is 10.6. The molecule has 0 radical (unpaired) electrons. The van der Waals surface area contributed by atoms with Crippen molar-refractivity contribution in [1.82, 2.24) is 4.98 Å². The van der Waals surface area contributed by atoms with Crippen LogP contribution in [0, 0.1) is 13.8 Å². The van der Waals surface area contributed by atoms with Gasteiger partial charge in [-0.15, -0.1) is 11.3 Å². The number of ether oxygens (including phenoxy) is 1. The Morgan fingerprint density at radius 1 is 1.20 bits per heavy atom. The second-order valence-corrected chi connectivity index (χ2v) is 11.4. The van der Waals surface area contributed by atoms with Crippen molar-refractivity contribution in [2.75, 3.05) is 10.8 Å². The molecule has 0 unspecified atom stereocenters. The number of rotatable bonds is 9. The molecule has 0 saturated carbocycles. The van der Waals surface area contributed by atoms with Crippen molar-refractivity contribution in [2.24, 2.45) is 0 Å². The monoisotopic (exact) mass is 512 g/mol.